The van der Waals surface area contributed by atoms with E-state index >= 15 is 0 Å². The molecule has 0 aliphatic carbocycles. The van der Waals surface area contributed by atoms with Crippen LogP contribution in [0.4, 0.5) is 0 Å². The lowest BCUT2D eigenvalue weighted by Gasteiger charge is -2.00. The van der Waals surface area contributed by atoms with Gasteiger partial charge in [0, 0.05) is 12.3 Å². The fraction of sp³-hybridized carbons (Fsp3) is 0.222. The van der Waals surface area contributed by atoms with Crippen LogP contribution in [0.2, 0.25) is 0 Å². The molecule has 0 aromatic carbocycles. The minimum atomic E-state index is -0.455. The fourth-order valence-corrected chi connectivity index (χ4v) is 0.789. The molecule has 0 aliphatic heterocycles. The second-order valence-electron chi connectivity index (χ2n) is 2.46. The monoisotopic (exact) mass is 178 g/mol. The van der Waals surface area contributed by atoms with E-state index in [2.05, 4.69) is 16.5 Å². The van der Waals surface area contributed by atoms with E-state index < -0.39 is 5.97 Å². The number of hydrogen-bond acceptors (Lipinski definition) is 4. The summed E-state index contributed by atoms with van der Waals surface area (Å²) in [6, 6.07) is 0. The predicted octanol–water partition coefficient (Wildman–Crippen LogP) is 1.01. The summed E-state index contributed by atoms with van der Waals surface area (Å²) in [4.78, 5) is 18.7. The number of carbonyl (C=O) groups excluding carboxylic acids is 1. The summed E-state index contributed by atoms with van der Waals surface area (Å²) in [5, 5.41) is 0. The van der Waals surface area contributed by atoms with Crippen molar-refractivity contribution in [2.75, 3.05) is 0 Å². The second kappa shape index (κ2) is 4.35. The number of esters is 1. The zero-order valence-corrected chi connectivity index (χ0v) is 7.36. The van der Waals surface area contributed by atoms with Crippen LogP contribution < -0.4 is 0 Å². The molecule has 13 heavy (non-hydrogen) atoms. The van der Waals surface area contributed by atoms with Gasteiger partial charge in [-0.15, -0.1) is 0 Å². The van der Waals surface area contributed by atoms with E-state index in [0.717, 1.165) is 11.8 Å². The molecule has 0 saturated carbocycles. The van der Waals surface area contributed by atoms with Crippen LogP contribution in [0.5, 0.6) is 0 Å². The van der Waals surface area contributed by atoms with Crippen molar-refractivity contribution in [3.8, 4) is 0 Å². The summed E-state index contributed by atoms with van der Waals surface area (Å²) < 4.78 is 4.77. The van der Waals surface area contributed by atoms with Gasteiger partial charge in [-0.25, -0.2) is 4.79 Å². The molecule has 68 valence electrons. The van der Waals surface area contributed by atoms with E-state index in [-0.39, 0.29) is 6.61 Å². The molecule has 1 heterocycles. The Morgan fingerprint density at radius 3 is 3.08 bits per heavy atom. The standard InChI is InChI=1S/C9H10N2O2/c1-3-9(12)13-6-8-5-10-4-7(2)11-8/h3-5H,1,6H2,2H3. The Hall–Kier alpha value is -1.71. The minimum absolute atomic E-state index is 0.138. The Bertz CT molecular complexity index is 323. The summed E-state index contributed by atoms with van der Waals surface area (Å²) in [6.45, 7) is 5.24. The Labute approximate surface area is 76.3 Å². The molecule has 0 aliphatic rings. The van der Waals surface area contributed by atoms with Gasteiger partial charge in [0.2, 0.25) is 0 Å². The van der Waals surface area contributed by atoms with E-state index in [1.807, 2.05) is 6.92 Å². The van der Waals surface area contributed by atoms with Crippen LogP contribution in [0.15, 0.2) is 25.0 Å². The molecule has 4 heteroatoms. The van der Waals surface area contributed by atoms with Gasteiger partial charge < -0.3 is 4.74 Å². The molecule has 1 aromatic rings. The fourth-order valence-electron chi connectivity index (χ4n) is 0.789. The molecule has 1 rings (SSSR count). The van der Waals surface area contributed by atoms with Gasteiger partial charge in [-0.2, -0.15) is 0 Å². The van der Waals surface area contributed by atoms with Gasteiger partial charge in [0.25, 0.3) is 0 Å². The average molecular weight is 178 g/mol. The van der Waals surface area contributed by atoms with Crippen LogP contribution in [-0.4, -0.2) is 15.9 Å². The third-order valence-corrected chi connectivity index (χ3v) is 1.33. The first-order valence-electron chi connectivity index (χ1n) is 3.79. The predicted molar refractivity (Wildman–Crippen MR) is 46.8 cm³/mol. The van der Waals surface area contributed by atoms with Crippen molar-refractivity contribution in [3.05, 3.63) is 36.4 Å². The zero-order chi connectivity index (χ0) is 9.68. The highest BCUT2D eigenvalue weighted by Crippen LogP contribution is 1.97. The van der Waals surface area contributed by atoms with Crippen molar-refractivity contribution in [2.24, 2.45) is 0 Å². The Morgan fingerprint density at radius 1 is 1.69 bits per heavy atom. The van der Waals surface area contributed by atoms with Gasteiger partial charge in [0.05, 0.1) is 17.6 Å². The first kappa shape index (κ1) is 9.38. The van der Waals surface area contributed by atoms with Gasteiger partial charge in [-0.05, 0) is 6.92 Å². The normalized spacial score (nSPS) is 9.31. The molecule has 0 bridgehead atoms. The maximum Gasteiger partial charge on any atom is 0.330 e. The maximum absolute atomic E-state index is 10.7. The molecule has 4 nitrogen and oxygen atoms in total. The molecule has 0 spiro atoms. The van der Waals surface area contributed by atoms with E-state index in [1.54, 1.807) is 12.4 Å². The lowest BCUT2D eigenvalue weighted by molar-refractivity contribution is -0.139. The maximum atomic E-state index is 10.7. The van der Waals surface area contributed by atoms with Crippen molar-refractivity contribution < 1.29 is 9.53 Å². The van der Waals surface area contributed by atoms with E-state index in [9.17, 15) is 4.79 Å². The van der Waals surface area contributed by atoms with Crippen LogP contribution in [0.1, 0.15) is 11.4 Å². The minimum Gasteiger partial charge on any atom is -0.456 e. The molecule has 0 atom stereocenters. The molecule has 0 N–H and O–H groups in total. The van der Waals surface area contributed by atoms with Crippen LogP contribution in [0.3, 0.4) is 0 Å². The highest BCUT2D eigenvalue weighted by Gasteiger charge is 1.99. The van der Waals surface area contributed by atoms with Gasteiger partial charge in [-0.1, -0.05) is 6.58 Å². The lowest BCUT2D eigenvalue weighted by atomic mass is 10.4. The lowest BCUT2D eigenvalue weighted by Crippen LogP contribution is -2.02. The number of hydrogen-bond donors (Lipinski definition) is 0. The van der Waals surface area contributed by atoms with E-state index in [1.165, 1.54) is 0 Å². The third kappa shape index (κ3) is 3.02. The number of rotatable bonds is 3. The van der Waals surface area contributed by atoms with Gasteiger partial charge >= 0.3 is 5.97 Å². The third-order valence-electron chi connectivity index (χ3n) is 1.33. The summed E-state index contributed by atoms with van der Waals surface area (Å²) >= 11 is 0. The summed E-state index contributed by atoms with van der Waals surface area (Å²) in [5.41, 5.74) is 1.43. The van der Waals surface area contributed by atoms with Crippen LogP contribution >= 0.6 is 0 Å². The highest BCUT2D eigenvalue weighted by atomic mass is 16.5. The van der Waals surface area contributed by atoms with Crippen molar-refractivity contribution >= 4 is 5.97 Å². The van der Waals surface area contributed by atoms with Crippen molar-refractivity contribution in [3.63, 3.8) is 0 Å². The first-order chi connectivity index (χ1) is 6.22. The van der Waals surface area contributed by atoms with Crippen LogP contribution in [-0.2, 0) is 16.1 Å². The number of nitrogens with zero attached hydrogens (tertiary/aromatic N) is 2. The van der Waals surface area contributed by atoms with E-state index in [0.29, 0.717) is 5.69 Å². The number of carbonyl (C=O) groups is 1. The Kier molecular flexibility index (Phi) is 3.14. The van der Waals surface area contributed by atoms with Crippen molar-refractivity contribution in [1.29, 1.82) is 0 Å². The van der Waals surface area contributed by atoms with Gasteiger partial charge in [-0.3, -0.25) is 9.97 Å². The Balaban J connectivity index is 2.54. The molecular weight excluding hydrogens is 168 g/mol. The SMILES string of the molecule is C=CC(=O)OCc1cncc(C)n1. The summed E-state index contributed by atoms with van der Waals surface area (Å²) in [5.74, 6) is -0.455. The van der Waals surface area contributed by atoms with Crippen molar-refractivity contribution in [1.82, 2.24) is 9.97 Å². The molecular formula is C9H10N2O2. The van der Waals surface area contributed by atoms with Crippen LogP contribution in [0, 0.1) is 6.92 Å². The topological polar surface area (TPSA) is 52.1 Å². The molecule has 1 aromatic heterocycles. The van der Waals surface area contributed by atoms with Crippen LogP contribution in [0.25, 0.3) is 0 Å². The zero-order valence-electron chi connectivity index (χ0n) is 7.36. The number of aromatic nitrogens is 2. The first-order valence-corrected chi connectivity index (χ1v) is 3.79. The highest BCUT2D eigenvalue weighted by molar-refractivity contribution is 5.81. The quantitative estimate of drug-likeness (QED) is 0.512. The number of ether oxygens (including phenoxy) is 1. The molecule has 0 unspecified atom stereocenters. The van der Waals surface area contributed by atoms with E-state index in [4.69, 9.17) is 4.74 Å². The summed E-state index contributed by atoms with van der Waals surface area (Å²) in [7, 11) is 0. The second-order valence-corrected chi connectivity index (χ2v) is 2.46. The molecule has 0 fully saturated rings. The largest absolute Gasteiger partial charge is 0.456 e. The van der Waals surface area contributed by atoms with Gasteiger partial charge in [0.1, 0.15) is 6.61 Å². The Morgan fingerprint density at radius 2 is 2.46 bits per heavy atom. The molecule has 0 radical (unpaired) electrons. The summed E-state index contributed by atoms with van der Waals surface area (Å²) in [6.07, 6.45) is 4.31. The molecule has 0 amide bonds. The average Bonchev–Trinajstić information content (AvgIpc) is 2.14. The van der Waals surface area contributed by atoms with Crippen molar-refractivity contribution in [2.45, 2.75) is 13.5 Å². The smallest absolute Gasteiger partial charge is 0.330 e. The number of aryl methyl sites for hydroxylation is 1. The molecule has 0 saturated heterocycles. The van der Waals surface area contributed by atoms with Gasteiger partial charge in [0.15, 0.2) is 0 Å².